The third-order valence-corrected chi connectivity index (χ3v) is 5.58. The van der Waals surface area contributed by atoms with Gasteiger partial charge in [0.25, 0.3) is 5.91 Å². The van der Waals surface area contributed by atoms with Crippen molar-refractivity contribution in [3.05, 3.63) is 34.6 Å². The Bertz CT molecular complexity index is 776. The van der Waals surface area contributed by atoms with Gasteiger partial charge in [0.15, 0.2) is 5.76 Å². The first-order valence-electron chi connectivity index (χ1n) is 9.32. The molecule has 1 fully saturated rings. The van der Waals surface area contributed by atoms with E-state index in [0.717, 1.165) is 29.5 Å². The number of benzene rings is 1. The number of fused-ring (bicyclic) bond motifs is 1. The fourth-order valence-electron chi connectivity index (χ4n) is 4.01. The van der Waals surface area contributed by atoms with Gasteiger partial charge in [0.05, 0.1) is 0 Å². The third kappa shape index (κ3) is 3.74. The number of hydrogen-bond acceptors (Lipinski definition) is 3. The third-order valence-electron chi connectivity index (χ3n) is 5.58. The highest BCUT2D eigenvalue weighted by Crippen LogP contribution is 2.29. The summed E-state index contributed by atoms with van der Waals surface area (Å²) in [5.41, 5.74) is 4.16. The van der Waals surface area contributed by atoms with E-state index in [4.69, 9.17) is 4.42 Å². The number of hydrogen-bond donors (Lipinski definition) is 1. The van der Waals surface area contributed by atoms with Gasteiger partial charge in [-0.25, -0.2) is 0 Å². The van der Waals surface area contributed by atoms with E-state index in [1.165, 1.54) is 30.4 Å². The van der Waals surface area contributed by atoms with Gasteiger partial charge in [-0.2, -0.15) is 0 Å². The lowest BCUT2D eigenvalue weighted by Crippen LogP contribution is -2.45. The number of nitrogens with one attached hydrogen (secondary N) is 1. The van der Waals surface area contributed by atoms with Crippen LogP contribution in [0.1, 0.15) is 52.9 Å². The van der Waals surface area contributed by atoms with E-state index in [0.29, 0.717) is 11.7 Å². The molecule has 0 spiro atoms. The molecule has 0 saturated heterocycles. The van der Waals surface area contributed by atoms with E-state index in [-0.39, 0.29) is 11.9 Å². The van der Waals surface area contributed by atoms with E-state index in [2.05, 4.69) is 44.2 Å². The van der Waals surface area contributed by atoms with Gasteiger partial charge in [0, 0.05) is 23.5 Å². The van der Waals surface area contributed by atoms with Crippen molar-refractivity contribution in [3.8, 4) is 0 Å². The fourth-order valence-corrected chi connectivity index (χ4v) is 4.01. The van der Waals surface area contributed by atoms with Crippen molar-refractivity contribution in [2.24, 2.45) is 5.92 Å². The first kappa shape index (κ1) is 18.0. The second kappa shape index (κ2) is 7.20. The Labute approximate surface area is 150 Å². The minimum Gasteiger partial charge on any atom is -0.451 e. The molecule has 1 aliphatic carbocycles. The molecule has 25 heavy (non-hydrogen) atoms. The monoisotopic (exact) mass is 342 g/mol. The average Bonchev–Trinajstić information content (AvgIpc) is 2.86. The fraction of sp³-hybridized carbons (Fsp3) is 0.571. The van der Waals surface area contributed by atoms with E-state index >= 15 is 0 Å². The zero-order chi connectivity index (χ0) is 18.1. The predicted octanol–water partition coefficient (Wildman–Crippen LogP) is 4.21. The van der Waals surface area contributed by atoms with Crippen molar-refractivity contribution in [2.45, 2.75) is 52.5 Å². The molecule has 1 amide bonds. The summed E-state index contributed by atoms with van der Waals surface area (Å²) in [7, 11) is 4.20. The van der Waals surface area contributed by atoms with Gasteiger partial charge in [-0.1, -0.05) is 12.8 Å². The Kier molecular flexibility index (Phi) is 5.19. The Morgan fingerprint density at radius 3 is 2.56 bits per heavy atom. The molecule has 2 aromatic rings. The van der Waals surface area contributed by atoms with E-state index in [1.54, 1.807) is 0 Å². The second-order valence-electron chi connectivity index (χ2n) is 7.88. The van der Waals surface area contributed by atoms with Crippen LogP contribution in [0.25, 0.3) is 11.0 Å². The molecule has 4 nitrogen and oxygen atoms in total. The summed E-state index contributed by atoms with van der Waals surface area (Å²) in [5, 5.41) is 4.31. The number of carbonyl (C=O) groups is 1. The largest absolute Gasteiger partial charge is 0.451 e. The minimum absolute atomic E-state index is 0.0698. The van der Waals surface area contributed by atoms with Crippen molar-refractivity contribution in [1.29, 1.82) is 0 Å². The summed E-state index contributed by atoms with van der Waals surface area (Å²) in [5.74, 6) is 0.913. The minimum atomic E-state index is -0.0698. The van der Waals surface area contributed by atoms with Crippen molar-refractivity contribution < 1.29 is 9.21 Å². The van der Waals surface area contributed by atoms with Gasteiger partial charge in [0.2, 0.25) is 0 Å². The molecule has 2 unspecified atom stereocenters. The van der Waals surface area contributed by atoms with Crippen molar-refractivity contribution in [3.63, 3.8) is 0 Å². The molecule has 0 aliphatic heterocycles. The Morgan fingerprint density at radius 2 is 1.84 bits per heavy atom. The van der Waals surface area contributed by atoms with Crippen LogP contribution < -0.4 is 5.32 Å². The van der Waals surface area contributed by atoms with Crippen molar-refractivity contribution >= 4 is 16.9 Å². The summed E-state index contributed by atoms with van der Waals surface area (Å²) in [6.07, 6.45) is 4.68. The maximum Gasteiger partial charge on any atom is 0.287 e. The van der Waals surface area contributed by atoms with Gasteiger partial charge >= 0.3 is 0 Å². The van der Waals surface area contributed by atoms with Crippen LogP contribution in [-0.4, -0.2) is 37.5 Å². The van der Waals surface area contributed by atoms with Gasteiger partial charge in [0.1, 0.15) is 5.58 Å². The van der Waals surface area contributed by atoms with E-state index < -0.39 is 0 Å². The molecule has 1 aliphatic rings. The summed E-state index contributed by atoms with van der Waals surface area (Å²) in [4.78, 5) is 15.1. The summed E-state index contributed by atoms with van der Waals surface area (Å²) in [6, 6.07) is 4.39. The Hall–Kier alpha value is -1.81. The molecule has 1 saturated carbocycles. The molecule has 1 N–H and O–H groups in total. The lowest BCUT2D eigenvalue weighted by atomic mass is 9.84. The molecule has 1 aromatic heterocycles. The number of furan rings is 1. The van der Waals surface area contributed by atoms with Gasteiger partial charge in [-0.05, 0) is 76.9 Å². The molecule has 3 rings (SSSR count). The first-order chi connectivity index (χ1) is 11.9. The van der Waals surface area contributed by atoms with Crippen LogP contribution in [0.2, 0.25) is 0 Å². The zero-order valence-electron chi connectivity index (χ0n) is 16.1. The standard InChI is InChI=1S/C21H30N2O2/c1-13-10-17-15(3)20(25-19(17)11-14(13)2)21(24)22-18-9-7-6-8-16(18)12-23(4)5/h10-11,16,18H,6-9,12H2,1-5H3,(H,22,24). The number of amides is 1. The van der Waals surface area contributed by atoms with Crippen LogP contribution >= 0.6 is 0 Å². The molecule has 0 bridgehead atoms. The molecular weight excluding hydrogens is 312 g/mol. The maximum absolute atomic E-state index is 12.9. The Balaban J connectivity index is 1.83. The van der Waals surface area contributed by atoms with Crippen LogP contribution in [0.3, 0.4) is 0 Å². The highest BCUT2D eigenvalue weighted by atomic mass is 16.3. The number of carbonyl (C=O) groups excluding carboxylic acids is 1. The van der Waals surface area contributed by atoms with E-state index in [9.17, 15) is 4.79 Å². The van der Waals surface area contributed by atoms with Crippen molar-refractivity contribution in [2.75, 3.05) is 20.6 Å². The molecule has 4 heteroatoms. The number of rotatable bonds is 4. The zero-order valence-corrected chi connectivity index (χ0v) is 16.1. The van der Waals surface area contributed by atoms with Crippen LogP contribution in [-0.2, 0) is 0 Å². The number of nitrogens with zero attached hydrogens (tertiary/aromatic N) is 1. The summed E-state index contributed by atoms with van der Waals surface area (Å²) in [6.45, 7) is 7.16. The first-order valence-corrected chi connectivity index (χ1v) is 9.32. The molecular formula is C21H30N2O2. The lowest BCUT2D eigenvalue weighted by molar-refractivity contribution is 0.0868. The van der Waals surface area contributed by atoms with Crippen LogP contribution in [0.4, 0.5) is 0 Å². The van der Waals surface area contributed by atoms with Crippen molar-refractivity contribution in [1.82, 2.24) is 10.2 Å². The quantitative estimate of drug-likeness (QED) is 0.905. The highest BCUT2D eigenvalue weighted by Gasteiger charge is 2.29. The van der Waals surface area contributed by atoms with Crippen LogP contribution in [0.5, 0.6) is 0 Å². The molecule has 0 radical (unpaired) electrons. The maximum atomic E-state index is 12.9. The second-order valence-corrected chi connectivity index (χ2v) is 7.88. The predicted molar refractivity (Wildman–Crippen MR) is 102 cm³/mol. The van der Waals surface area contributed by atoms with Crippen LogP contribution in [0, 0.1) is 26.7 Å². The average molecular weight is 342 g/mol. The smallest absolute Gasteiger partial charge is 0.287 e. The number of aryl methyl sites for hydroxylation is 3. The molecule has 2 atom stereocenters. The summed E-state index contributed by atoms with van der Waals surface area (Å²) < 4.78 is 5.93. The van der Waals surface area contributed by atoms with Gasteiger partial charge in [-0.3, -0.25) is 4.79 Å². The van der Waals surface area contributed by atoms with Crippen LogP contribution in [0.15, 0.2) is 16.5 Å². The normalized spacial score (nSPS) is 21.0. The lowest BCUT2D eigenvalue weighted by Gasteiger charge is -2.33. The molecule has 1 heterocycles. The van der Waals surface area contributed by atoms with E-state index in [1.807, 2.05) is 13.0 Å². The van der Waals surface area contributed by atoms with Gasteiger partial charge in [-0.15, -0.1) is 0 Å². The molecule has 136 valence electrons. The highest BCUT2D eigenvalue weighted by molar-refractivity contribution is 5.99. The topological polar surface area (TPSA) is 45.5 Å². The summed E-state index contributed by atoms with van der Waals surface area (Å²) >= 11 is 0. The van der Waals surface area contributed by atoms with Gasteiger partial charge < -0.3 is 14.6 Å². The Morgan fingerprint density at radius 1 is 1.16 bits per heavy atom. The SMILES string of the molecule is Cc1cc2oc(C(=O)NC3CCCCC3CN(C)C)c(C)c2cc1C. The molecule has 1 aromatic carbocycles.